The van der Waals surface area contributed by atoms with Gasteiger partial charge in [0, 0.05) is 37.5 Å². The lowest BCUT2D eigenvalue weighted by Crippen LogP contribution is -1.90. The Bertz CT molecular complexity index is 2390. The molecule has 2 heterocycles. The topological polar surface area (TPSA) is 13.1 Å². The maximum Gasteiger partial charge on any atom is 0.144 e. The van der Waals surface area contributed by atoms with Gasteiger partial charge in [0.15, 0.2) is 0 Å². The lowest BCUT2D eigenvalue weighted by Gasteiger charge is -2.17. The van der Waals surface area contributed by atoms with Gasteiger partial charge in [0.1, 0.15) is 11.2 Å². The maximum absolute atomic E-state index is 6.99. The van der Waals surface area contributed by atoms with E-state index in [0.717, 1.165) is 27.5 Å². The minimum Gasteiger partial charge on any atom is -0.455 e. The molecule has 0 bridgehead atoms. The molecule has 0 saturated carbocycles. The molecule has 0 spiro atoms. The van der Waals surface area contributed by atoms with Crippen LogP contribution in [0.2, 0.25) is 0 Å². The standard InChI is InChI=1S/C40H24OS/c1-3-12-25(13-4-1)34-24-42-35-23-22-32-31-20-11-21-33(39(31)41-40(32)38(34)35)37-29-18-9-7-16-27(29)36(26-14-5-2-6-15-26)28-17-8-10-19-30(28)37/h1-24H. The van der Waals surface area contributed by atoms with Gasteiger partial charge in [-0.15, -0.1) is 11.3 Å². The van der Waals surface area contributed by atoms with Crippen LogP contribution < -0.4 is 0 Å². The van der Waals surface area contributed by atoms with E-state index in [1.165, 1.54) is 59.4 Å². The van der Waals surface area contributed by atoms with E-state index < -0.39 is 0 Å². The average molecular weight is 553 g/mol. The molecule has 2 aromatic heterocycles. The highest BCUT2D eigenvalue weighted by molar-refractivity contribution is 7.18. The largest absolute Gasteiger partial charge is 0.455 e. The molecular weight excluding hydrogens is 529 g/mol. The van der Waals surface area contributed by atoms with Crippen LogP contribution in [0.15, 0.2) is 149 Å². The van der Waals surface area contributed by atoms with Gasteiger partial charge in [0.2, 0.25) is 0 Å². The molecule has 9 rings (SSSR count). The number of benzene rings is 7. The Morgan fingerprint density at radius 2 is 0.929 bits per heavy atom. The monoisotopic (exact) mass is 552 g/mol. The maximum atomic E-state index is 6.99. The van der Waals surface area contributed by atoms with Gasteiger partial charge in [0.25, 0.3) is 0 Å². The number of thiophene rings is 1. The van der Waals surface area contributed by atoms with Crippen molar-refractivity contribution in [2.75, 3.05) is 0 Å². The fourth-order valence-corrected chi connectivity index (χ4v) is 7.71. The summed E-state index contributed by atoms with van der Waals surface area (Å²) in [4.78, 5) is 0. The fraction of sp³-hybridized carbons (Fsp3) is 0. The van der Waals surface area contributed by atoms with Crippen LogP contribution in [0.4, 0.5) is 0 Å². The second-order valence-corrected chi connectivity index (χ2v) is 11.7. The molecule has 42 heavy (non-hydrogen) atoms. The number of hydrogen-bond acceptors (Lipinski definition) is 2. The third-order valence-electron chi connectivity index (χ3n) is 8.55. The van der Waals surface area contributed by atoms with Gasteiger partial charge in [-0.1, -0.05) is 127 Å². The third kappa shape index (κ3) is 3.36. The van der Waals surface area contributed by atoms with Crippen LogP contribution in [0, 0.1) is 0 Å². The molecule has 0 radical (unpaired) electrons. The summed E-state index contributed by atoms with van der Waals surface area (Å²) in [5.74, 6) is 0. The zero-order chi connectivity index (χ0) is 27.6. The van der Waals surface area contributed by atoms with E-state index in [0.29, 0.717) is 0 Å². The molecule has 0 aliphatic heterocycles. The Morgan fingerprint density at radius 1 is 0.381 bits per heavy atom. The highest BCUT2D eigenvalue weighted by Crippen LogP contribution is 2.48. The van der Waals surface area contributed by atoms with Crippen LogP contribution in [0.1, 0.15) is 0 Å². The average Bonchev–Trinajstić information content (AvgIpc) is 3.66. The van der Waals surface area contributed by atoms with Crippen molar-refractivity contribution in [2.45, 2.75) is 0 Å². The van der Waals surface area contributed by atoms with Gasteiger partial charge >= 0.3 is 0 Å². The lowest BCUT2D eigenvalue weighted by molar-refractivity contribution is 0.674. The van der Waals surface area contributed by atoms with Gasteiger partial charge in [-0.3, -0.25) is 0 Å². The number of para-hydroxylation sites is 1. The van der Waals surface area contributed by atoms with Crippen molar-refractivity contribution in [1.82, 2.24) is 0 Å². The Kier molecular flexibility index (Phi) is 5.13. The minimum absolute atomic E-state index is 0.938. The molecule has 0 aliphatic carbocycles. The van der Waals surface area contributed by atoms with E-state index in [4.69, 9.17) is 4.42 Å². The van der Waals surface area contributed by atoms with E-state index in [2.05, 4.69) is 145 Å². The second kappa shape index (κ2) is 9.17. The summed E-state index contributed by atoms with van der Waals surface area (Å²) in [6.45, 7) is 0. The molecule has 196 valence electrons. The molecule has 0 unspecified atom stereocenters. The highest BCUT2D eigenvalue weighted by atomic mass is 32.1. The lowest BCUT2D eigenvalue weighted by atomic mass is 9.85. The smallest absolute Gasteiger partial charge is 0.144 e. The first-order valence-electron chi connectivity index (χ1n) is 14.3. The van der Waals surface area contributed by atoms with Gasteiger partial charge in [-0.2, -0.15) is 0 Å². The van der Waals surface area contributed by atoms with Crippen molar-refractivity contribution in [3.63, 3.8) is 0 Å². The fourth-order valence-electron chi connectivity index (χ4n) is 6.74. The van der Waals surface area contributed by atoms with Crippen molar-refractivity contribution < 1.29 is 4.42 Å². The molecule has 0 atom stereocenters. The Labute approximate surface area is 246 Å². The molecule has 0 amide bonds. The SMILES string of the molecule is c1ccc(-c2c3ccccc3c(-c3cccc4c3oc3c4ccc4scc(-c5ccccc5)c43)c3ccccc23)cc1. The third-order valence-corrected chi connectivity index (χ3v) is 9.50. The summed E-state index contributed by atoms with van der Waals surface area (Å²) in [7, 11) is 0. The summed E-state index contributed by atoms with van der Waals surface area (Å²) >= 11 is 1.78. The van der Waals surface area contributed by atoms with Crippen LogP contribution in [0.25, 0.3) is 87.0 Å². The number of fused-ring (bicyclic) bond motifs is 7. The van der Waals surface area contributed by atoms with Crippen molar-refractivity contribution in [3.8, 4) is 33.4 Å². The normalized spacial score (nSPS) is 11.8. The van der Waals surface area contributed by atoms with Crippen LogP contribution in [0.5, 0.6) is 0 Å². The van der Waals surface area contributed by atoms with E-state index in [-0.39, 0.29) is 0 Å². The Morgan fingerprint density at radius 3 is 1.60 bits per heavy atom. The summed E-state index contributed by atoms with van der Waals surface area (Å²) in [6.07, 6.45) is 0. The van der Waals surface area contributed by atoms with Gasteiger partial charge < -0.3 is 4.42 Å². The summed E-state index contributed by atoms with van der Waals surface area (Å²) in [5.41, 5.74) is 9.19. The van der Waals surface area contributed by atoms with Crippen LogP contribution in [-0.4, -0.2) is 0 Å². The van der Waals surface area contributed by atoms with Crippen molar-refractivity contribution >= 4 is 64.9 Å². The molecule has 0 N–H and O–H groups in total. The zero-order valence-electron chi connectivity index (χ0n) is 22.7. The number of rotatable bonds is 3. The first-order valence-corrected chi connectivity index (χ1v) is 15.1. The van der Waals surface area contributed by atoms with Crippen LogP contribution in [0.3, 0.4) is 0 Å². The van der Waals surface area contributed by atoms with Crippen LogP contribution >= 0.6 is 11.3 Å². The molecule has 9 aromatic rings. The van der Waals surface area contributed by atoms with Gasteiger partial charge in [0.05, 0.1) is 0 Å². The highest BCUT2D eigenvalue weighted by Gasteiger charge is 2.21. The molecule has 0 fully saturated rings. The van der Waals surface area contributed by atoms with Crippen molar-refractivity contribution in [2.24, 2.45) is 0 Å². The molecule has 2 heteroatoms. The Hall–Kier alpha value is -5.18. The van der Waals surface area contributed by atoms with Crippen molar-refractivity contribution in [3.05, 3.63) is 145 Å². The van der Waals surface area contributed by atoms with E-state index in [1.54, 1.807) is 11.3 Å². The Balaban J connectivity index is 1.41. The zero-order valence-corrected chi connectivity index (χ0v) is 23.5. The van der Waals surface area contributed by atoms with Crippen molar-refractivity contribution in [1.29, 1.82) is 0 Å². The summed E-state index contributed by atoms with van der Waals surface area (Å²) in [5, 5.41) is 10.7. The molecule has 1 nitrogen and oxygen atoms in total. The molecule has 0 saturated heterocycles. The predicted octanol–water partition coefficient (Wildman–Crippen LogP) is 12.1. The van der Waals surface area contributed by atoms with Crippen LogP contribution in [-0.2, 0) is 0 Å². The quantitative estimate of drug-likeness (QED) is 0.199. The van der Waals surface area contributed by atoms with E-state index in [1.807, 2.05) is 0 Å². The number of hydrogen-bond donors (Lipinski definition) is 0. The summed E-state index contributed by atoms with van der Waals surface area (Å²) < 4.78 is 8.23. The first-order chi connectivity index (χ1) is 20.9. The van der Waals surface area contributed by atoms with E-state index >= 15 is 0 Å². The molecule has 7 aromatic carbocycles. The van der Waals surface area contributed by atoms with Gasteiger partial charge in [-0.25, -0.2) is 0 Å². The molecular formula is C40H24OS. The second-order valence-electron chi connectivity index (χ2n) is 10.8. The minimum atomic E-state index is 0.938. The first kappa shape index (κ1) is 23.5. The van der Waals surface area contributed by atoms with E-state index in [9.17, 15) is 0 Å². The summed E-state index contributed by atoms with van der Waals surface area (Å²) in [6, 6.07) is 50.1. The predicted molar refractivity (Wildman–Crippen MR) is 180 cm³/mol. The molecule has 0 aliphatic rings. The number of furan rings is 1. The van der Waals surface area contributed by atoms with Gasteiger partial charge in [-0.05, 0) is 55.7 Å².